The number of hydrogen-bond donors (Lipinski definition) is 0. The van der Waals surface area contributed by atoms with Crippen LogP contribution in [0.1, 0.15) is 11.1 Å². The summed E-state index contributed by atoms with van der Waals surface area (Å²) >= 11 is 0. The summed E-state index contributed by atoms with van der Waals surface area (Å²) in [6.07, 6.45) is 0. The van der Waals surface area contributed by atoms with Crippen molar-refractivity contribution in [1.29, 1.82) is 10.5 Å². The Balaban J connectivity index is 1.24. The van der Waals surface area contributed by atoms with Crippen LogP contribution in [0.3, 0.4) is 0 Å². The fraction of sp³-hybridized carbons (Fsp3) is 0. The second-order valence-electron chi connectivity index (χ2n) is 18.3. The van der Waals surface area contributed by atoms with Crippen LogP contribution < -0.4 is 0 Å². The van der Waals surface area contributed by atoms with E-state index < -0.39 is 0 Å². The van der Waals surface area contributed by atoms with Gasteiger partial charge in [-0.15, -0.1) is 0 Å². The van der Waals surface area contributed by atoms with Crippen LogP contribution in [0.5, 0.6) is 0 Å². The standard InChI is InChI=1S/C68H42N4/c69-43-45-21-25-51(26-22-45)57-35-36-58(52-27-23-46(44-70)24-28-52)68(72-65-41-55(49-17-9-3-10-18-49)29-33-59(65)60-34-30-56(42-66(60)72)50-19-11-4-12-20-50)67(57)71-63-37-31-53(47-13-5-1-6-14-47)39-61(63)62-40-54(32-38-64(62)71)48-15-7-2-8-16-48/h1-42H. The molecular formula is C68H42N4. The van der Waals surface area contributed by atoms with Crippen LogP contribution in [-0.4, -0.2) is 9.13 Å². The summed E-state index contributed by atoms with van der Waals surface area (Å²) in [5.74, 6) is 0. The van der Waals surface area contributed by atoms with E-state index in [4.69, 9.17) is 0 Å². The predicted octanol–water partition coefficient (Wildman–Crippen LogP) is 17.6. The molecule has 0 saturated carbocycles. The Hall–Kier alpha value is -10.0. The fourth-order valence-electron chi connectivity index (χ4n) is 10.7. The minimum Gasteiger partial charge on any atom is -0.307 e. The summed E-state index contributed by atoms with van der Waals surface area (Å²) in [7, 11) is 0. The van der Waals surface area contributed by atoms with Gasteiger partial charge >= 0.3 is 0 Å². The summed E-state index contributed by atoms with van der Waals surface area (Å²) in [6, 6.07) is 95.0. The maximum atomic E-state index is 10.1. The Labute approximate surface area is 417 Å². The van der Waals surface area contributed by atoms with E-state index in [0.717, 1.165) is 122 Å². The molecule has 334 valence electrons. The van der Waals surface area contributed by atoms with Gasteiger partial charge < -0.3 is 9.13 Å². The van der Waals surface area contributed by atoms with Gasteiger partial charge in [0.05, 0.1) is 56.7 Å². The van der Waals surface area contributed by atoms with Gasteiger partial charge in [-0.2, -0.15) is 10.5 Å². The van der Waals surface area contributed by atoms with Gasteiger partial charge in [0.15, 0.2) is 0 Å². The highest BCUT2D eigenvalue weighted by molar-refractivity contribution is 6.15. The van der Waals surface area contributed by atoms with Gasteiger partial charge in [0.2, 0.25) is 0 Å². The number of benzene rings is 11. The summed E-state index contributed by atoms with van der Waals surface area (Å²) in [4.78, 5) is 0. The number of nitrogens with zero attached hydrogens (tertiary/aromatic N) is 4. The molecule has 0 bridgehead atoms. The van der Waals surface area contributed by atoms with Crippen molar-refractivity contribution in [2.75, 3.05) is 0 Å². The van der Waals surface area contributed by atoms with Crippen molar-refractivity contribution in [3.05, 3.63) is 266 Å². The smallest absolute Gasteiger partial charge is 0.0991 e. The van der Waals surface area contributed by atoms with Gasteiger partial charge in [-0.25, -0.2) is 0 Å². The van der Waals surface area contributed by atoms with E-state index in [-0.39, 0.29) is 0 Å². The maximum absolute atomic E-state index is 10.1. The van der Waals surface area contributed by atoms with Crippen molar-refractivity contribution in [3.8, 4) is 90.3 Å². The monoisotopic (exact) mass is 914 g/mol. The molecule has 72 heavy (non-hydrogen) atoms. The van der Waals surface area contributed by atoms with Crippen LogP contribution in [0.4, 0.5) is 0 Å². The molecule has 4 nitrogen and oxygen atoms in total. The number of aromatic nitrogens is 2. The highest BCUT2D eigenvalue weighted by Crippen LogP contribution is 2.48. The van der Waals surface area contributed by atoms with Gasteiger partial charge in [-0.1, -0.05) is 194 Å². The van der Waals surface area contributed by atoms with Crippen LogP contribution >= 0.6 is 0 Å². The number of hydrogen-bond acceptors (Lipinski definition) is 2. The average molecular weight is 915 g/mol. The Kier molecular flexibility index (Phi) is 10.2. The van der Waals surface area contributed by atoms with E-state index in [2.05, 4.69) is 252 Å². The molecule has 0 spiro atoms. The molecule has 0 saturated heterocycles. The van der Waals surface area contributed by atoms with E-state index in [1.807, 2.05) is 24.3 Å². The third kappa shape index (κ3) is 7.14. The van der Waals surface area contributed by atoms with Crippen molar-refractivity contribution in [1.82, 2.24) is 9.13 Å². The third-order valence-electron chi connectivity index (χ3n) is 14.2. The second-order valence-corrected chi connectivity index (χ2v) is 18.3. The van der Waals surface area contributed by atoms with E-state index >= 15 is 0 Å². The SMILES string of the molecule is N#Cc1ccc(-c2ccc(-c3ccc(C#N)cc3)c(-n3c4cc(-c5ccccc5)ccc4c4ccc(-c5ccccc5)cc43)c2-n2c3ccc(-c4ccccc4)cc3c3cc(-c4ccccc4)ccc32)cc1. The summed E-state index contributed by atoms with van der Waals surface area (Å²) < 4.78 is 4.97. The number of nitriles is 2. The zero-order valence-electron chi connectivity index (χ0n) is 39.0. The molecule has 2 aromatic heterocycles. The minimum absolute atomic E-state index is 0.595. The Bertz CT molecular complexity index is 4090. The van der Waals surface area contributed by atoms with Crippen LogP contribution in [0.15, 0.2) is 255 Å². The highest BCUT2D eigenvalue weighted by Gasteiger charge is 2.27. The lowest BCUT2D eigenvalue weighted by molar-refractivity contribution is 1.10. The molecule has 0 unspecified atom stereocenters. The molecule has 0 N–H and O–H groups in total. The molecule has 0 amide bonds. The summed E-state index contributed by atoms with van der Waals surface area (Å²) in [5.41, 5.74) is 20.4. The van der Waals surface area contributed by atoms with E-state index in [1.54, 1.807) is 0 Å². The van der Waals surface area contributed by atoms with Crippen LogP contribution in [0, 0.1) is 22.7 Å². The average Bonchev–Trinajstić information content (AvgIpc) is 3.96. The normalized spacial score (nSPS) is 11.3. The maximum Gasteiger partial charge on any atom is 0.0991 e. The molecule has 13 aromatic rings. The van der Waals surface area contributed by atoms with E-state index in [1.165, 1.54) is 0 Å². The lowest BCUT2D eigenvalue weighted by atomic mass is 9.94. The number of fused-ring (bicyclic) bond motifs is 6. The quantitative estimate of drug-likeness (QED) is 0.152. The van der Waals surface area contributed by atoms with Gasteiger partial charge in [0.1, 0.15) is 0 Å². The molecule has 0 fully saturated rings. The minimum atomic E-state index is 0.595. The first-order valence-corrected chi connectivity index (χ1v) is 24.2. The molecule has 13 rings (SSSR count). The van der Waals surface area contributed by atoms with Gasteiger partial charge in [-0.05, 0) is 116 Å². The molecule has 0 radical (unpaired) electrons. The first kappa shape index (κ1) is 42.1. The first-order valence-electron chi connectivity index (χ1n) is 24.2. The van der Waals surface area contributed by atoms with Gasteiger partial charge in [0, 0.05) is 32.7 Å². The zero-order valence-corrected chi connectivity index (χ0v) is 39.0. The van der Waals surface area contributed by atoms with Crippen molar-refractivity contribution in [2.24, 2.45) is 0 Å². The number of rotatable bonds is 8. The lowest BCUT2D eigenvalue weighted by Gasteiger charge is -2.24. The predicted molar refractivity (Wildman–Crippen MR) is 297 cm³/mol. The van der Waals surface area contributed by atoms with Crippen molar-refractivity contribution in [3.63, 3.8) is 0 Å². The van der Waals surface area contributed by atoms with Crippen molar-refractivity contribution >= 4 is 43.6 Å². The van der Waals surface area contributed by atoms with Crippen molar-refractivity contribution < 1.29 is 0 Å². The van der Waals surface area contributed by atoms with Crippen LogP contribution in [0.25, 0.3) is 122 Å². The molecule has 0 aliphatic heterocycles. The summed E-state index contributed by atoms with van der Waals surface area (Å²) in [5, 5.41) is 24.6. The van der Waals surface area contributed by atoms with E-state index in [9.17, 15) is 10.5 Å². The zero-order chi connectivity index (χ0) is 48.1. The van der Waals surface area contributed by atoms with Crippen LogP contribution in [-0.2, 0) is 0 Å². The van der Waals surface area contributed by atoms with Crippen LogP contribution in [0.2, 0.25) is 0 Å². The molecular weight excluding hydrogens is 873 g/mol. The molecule has 2 heterocycles. The Morgan fingerprint density at radius 2 is 0.542 bits per heavy atom. The highest BCUT2D eigenvalue weighted by atomic mass is 15.1. The molecule has 0 aliphatic carbocycles. The Morgan fingerprint density at radius 3 is 0.889 bits per heavy atom. The first-order chi connectivity index (χ1) is 35.6. The molecule has 11 aromatic carbocycles. The van der Waals surface area contributed by atoms with Crippen molar-refractivity contribution in [2.45, 2.75) is 0 Å². The lowest BCUT2D eigenvalue weighted by Crippen LogP contribution is -2.08. The Morgan fingerprint density at radius 1 is 0.236 bits per heavy atom. The van der Waals surface area contributed by atoms with E-state index in [0.29, 0.717) is 11.1 Å². The molecule has 0 aliphatic rings. The van der Waals surface area contributed by atoms with Gasteiger partial charge in [-0.3, -0.25) is 0 Å². The molecule has 0 atom stereocenters. The largest absolute Gasteiger partial charge is 0.307 e. The molecule has 4 heteroatoms. The third-order valence-corrected chi connectivity index (χ3v) is 14.2. The second kappa shape index (κ2) is 17.5. The summed E-state index contributed by atoms with van der Waals surface area (Å²) in [6.45, 7) is 0. The topological polar surface area (TPSA) is 57.4 Å². The van der Waals surface area contributed by atoms with Gasteiger partial charge in [0.25, 0.3) is 0 Å². The fourth-order valence-corrected chi connectivity index (χ4v) is 10.7.